The van der Waals surface area contributed by atoms with Gasteiger partial charge in [-0.3, -0.25) is 4.98 Å². The number of hydrogen-bond acceptors (Lipinski definition) is 4. The summed E-state index contributed by atoms with van der Waals surface area (Å²) in [7, 11) is -3.32. The highest BCUT2D eigenvalue weighted by atomic mass is 35.5. The number of sulfone groups is 1. The Morgan fingerprint density at radius 3 is 2.76 bits per heavy atom. The highest BCUT2D eigenvalue weighted by Gasteiger charge is 2.35. The molecule has 1 aromatic carbocycles. The van der Waals surface area contributed by atoms with Crippen molar-refractivity contribution in [1.29, 1.82) is 0 Å². The van der Waals surface area contributed by atoms with E-state index in [0.717, 1.165) is 6.26 Å². The molecule has 0 bridgehead atoms. The SMILES string of the molecule is CS(=O)(=O)C1CCc2c1nc1ccc(Cl)cc1c2C(=O)O. The predicted octanol–water partition coefficient (Wildman–Crippen LogP) is 2.62. The summed E-state index contributed by atoms with van der Waals surface area (Å²) in [4.78, 5) is 16.0. The van der Waals surface area contributed by atoms with Crippen LogP contribution in [-0.2, 0) is 16.3 Å². The van der Waals surface area contributed by atoms with Gasteiger partial charge in [0.1, 0.15) is 5.25 Å². The summed E-state index contributed by atoms with van der Waals surface area (Å²) in [5, 5.41) is 9.64. The minimum Gasteiger partial charge on any atom is -0.478 e. The molecule has 110 valence electrons. The molecule has 0 radical (unpaired) electrons. The topological polar surface area (TPSA) is 84.3 Å². The molecule has 0 aliphatic heterocycles. The Kier molecular flexibility index (Phi) is 3.18. The van der Waals surface area contributed by atoms with Crippen molar-refractivity contribution in [3.05, 3.63) is 40.0 Å². The summed E-state index contributed by atoms with van der Waals surface area (Å²) in [6.45, 7) is 0. The van der Waals surface area contributed by atoms with E-state index in [1.54, 1.807) is 18.2 Å². The number of benzene rings is 1. The van der Waals surface area contributed by atoms with Crippen LogP contribution >= 0.6 is 11.6 Å². The second-order valence-corrected chi connectivity index (χ2v) is 7.84. The van der Waals surface area contributed by atoms with Crippen molar-refractivity contribution in [2.45, 2.75) is 18.1 Å². The number of nitrogens with zero attached hydrogens (tertiary/aromatic N) is 1. The van der Waals surface area contributed by atoms with E-state index in [-0.39, 0.29) is 5.56 Å². The Balaban J connectivity index is 2.40. The summed E-state index contributed by atoms with van der Waals surface area (Å²) in [5.74, 6) is -1.09. The standard InChI is InChI=1S/C14H12ClNO4S/c1-21(19,20)11-5-3-8-12(14(17)18)9-6-7(15)2-4-10(9)16-13(8)11/h2,4,6,11H,3,5H2,1H3,(H,17,18). The predicted molar refractivity (Wildman–Crippen MR) is 79.6 cm³/mol. The number of aromatic carboxylic acids is 1. The van der Waals surface area contributed by atoms with E-state index in [1.165, 1.54) is 0 Å². The van der Waals surface area contributed by atoms with Crippen molar-refractivity contribution in [2.24, 2.45) is 0 Å². The second-order valence-electron chi connectivity index (χ2n) is 5.17. The molecule has 5 nitrogen and oxygen atoms in total. The van der Waals surface area contributed by atoms with E-state index < -0.39 is 21.1 Å². The lowest BCUT2D eigenvalue weighted by molar-refractivity contribution is 0.0698. The average Bonchev–Trinajstić information content (AvgIpc) is 2.78. The molecule has 0 spiro atoms. The summed E-state index contributed by atoms with van der Waals surface area (Å²) in [6.07, 6.45) is 1.91. The van der Waals surface area contributed by atoms with Gasteiger partial charge in [0, 0.05) is 16.7 Å². The first kappa shape index (κ1) is 14.3. The van der Waals surface area contributed by atoms with Crippen LogP contribution in [0.4, 0.5) is 0 Å². The molecule has 0 fully saturated rings. The van der Waals surface area contributed by atoms with E-state index in [0.29, 0.717) is 40.0 Å². The van der Waals surface area contributed by atoms with Gasteiger partial charge in [0.05, 0.1) is 16.8 Å². The van der Waals surface area contributed by atoms with Gasteiger partial charge < -0.3 is 5.11 Å². The van der Waals surface area contributed by atoms with Crippen molar-refractivity contribution in [3.8, 4) is 0 Å². The molecule has 1 aliphatic carbocycles. The number of halogens is 1. The fourth-order valence-corrected chi connectivity index (χ4v) is 4.21. The van der Waals surface area contributed by atoms with Gasteiger partial charge in [0.25, 0.3) is 0 Å². The fraction of sp³-hybridized carbons (Fsp3) is 0.286. The minimum absolute atomic E-state index is 0.114. The molecule has 3 rings (SSSR count). The molecule has 7 heteroatoms. The number of rotatable bonds is 2. The molecule has 1 atom stereocenters. The summed E-state index contributed by atoms with van der Waals surface area (Å²) in [6, 6.07) is 4.78. The average molecular weight is 326 g/mol. The molecule has 21 heavy (non-hydrogen) atoms. The van der Waals surface area contributed by atoms with E-state index >= 15 is 0 Å². The number of carboxylic acids is 1. The van der Waals surface area contributed by atoms with Gasteiger partial charge in [-0.2, -0.15) is 0 Å². The first-order chi connectivity index (χ1) is 9.79. The van der Waals surface area contributed by atoms with Crippen LogP contribution < -0.4 is 0 Å². The van der Waals surface area contributed by atoms with Crippen molar-refractivity contribution in [3.63, 3.8) is 0 Å². The molecule has 2 aromatic rings. The Morgan fingerprint density at radius 2 is 2.14 bits per heavy atom. The largest absolute Gasteiger partial charge is 0.478 e. The summed E-state index contributed by atoms with van der Waals surface area (Å²) < 4.78 is 23.7. The fourth-order valence-electron chi connectivity index (χ4n) is 2.89. The number of fused-ring (bicyclic) bond motifs is 2. The van der Waals surface area contributed by atoms with Crippen LogP contribution in [0.25, 0.3) is 10.9 Å². The number of hydrogen-bond donors (Lipinski definition) is 1. The first-order valence-electron chi connectivity index (χ1n) is 6.33. The molecule has 0 amide bonds. The van der Waals surface area contributed by atoms with Gasteiger partial charge in [-0.15, -0.1) is 0 Å². The molecular weight excluding hydrogens is 314 g/mol. The van der Waals surface area contributed by atoms with Crippen molar-refractivity contribution >= 4 is 38.3 Å². The van der Waals surface area contributed by atoms with Crippen LogP contribution in [0.2, 0.25) is 5.02 Å². The zero-order chi connectivity index (χ0) is 15.4. The van der Waals surface area contributed by atoms with Crippen LogP contribution in [0.15, 0.2) is 18.2 Å². The molecule has 0 saturated carbocycles. The van der Waals surface area contributed by atoms with Gasteiger partial charge in [-0.1, -0.05) is 11.6 Å². The molecule has 0 saturated heterocycles. The maximum Gasteiger partial charge on any atom is 0.336 e. The molecule has 1 N–H and O–H groups in total. The van der Waals surface area contributed by atoms with E-state index in [2.05, 4.69) is 4.98 Å². The van der Waals surface area contributed by atoms with E-state index in [1.807, 2.05) is 0 Å². The number of aromatic nitrogens is 1. The highest BCUT2D eigenvalue weighted by Crippen LogP contribution is 2.40. The molecule has 1 aromatic heterocycles. The third kappa shape index (κ3) is 2.28. The molecule has 1 heterocycles. The van der Waals surface area contributed by atoms with E-state index in [4.69, 9.17) is 11.6 Å². The van der Waals surface area contributed by atoms with Crippen molar-refractivity contribution in [1.82, 2.24) is 4.98 Å². The number of pyridine rings is 1. The van der Waals surface area contributed by atoms with Gasteiger partial charge in [0.2, 0.25) is 0 Å². The molecule has 1 unspecified atom stereocenters. The third-order valence-electron chi connectivity index (χ3n) is 3.77. The lowest BCUT2D eigenvalue weighted by atomic mass is 10.0. The lowest BCUT2D eigenvalue weighted by Crippen LogP contribution is -2.11. The smallest absolute Gasteiger partial charge is 0.336 e. The van der Waals surface area contributed by atoms with Crippen LogP contribution in [0.1, 0.15) is 33.3 Å². The second kappa shape index (κ2) is 4.68. The first-order valence-corrected chi connectivity index (χ1v) is 8.66. The van der Waals surface area contributed by atoms with Crippen LogP contribution in [0.5, 0.6) is 0 Å². The normalized spacial score (nSPS) is 17.9. The Hall–Kier alpha value is -1.66. The van der Waals surface area contributed by atoms with Gasteiger partial charge >= 0.3 is 5.97 Å². The number of carboxylic acid groups (broad SMARTS) is 1. The highest BCUT2D eigenvalue weighted by molar-refractivity contribution is 7.90. The zero-order valence-electron chi connectivity index (χ0n) is 11.1. The van der Waals surface area contributed by atoms with Crippen molar-refractivity contribution < 1.29 is 18.3 Å². The third-order valence-corrected chi connectivity index (χ3v) is 5.50. The Labute approximate surface area is 126 Å². The summed E-state index contributed by atoms with van der Waals surface area (Å²) in [5.41, 5.74) is 1.44. The zero-order valence-corrected chi connectivity index (χ0v) is 12.7. The van der Waals surface area contributed by atoms with Crippen LogP contribution in [0.3, 0.4) is 0 Å². The number of carbonyl (C=O) groups is 1. The summed E-state index contributed by atoms with van der Waals surface area (Å²) >= 11 is 5.93. The van der Waals surface area contributed by atoms with Crippen LogP contribution in [-0.4, -0.2) is 30.7 Å². The van der Waals surface area contributed by atoms with Gasteiger partial charge in [-0.25, -0.2) is 13.2 Å². The van der Waals surface area contributed by atoms with E-state index in [9.17, 15) is 18.3 Å². The molecule has 1 aliphatic rings. The quantitative estimate of drug-likeness (QED) is 0.917. The maximum absolute atomic E-state index is 11.9. The van der Waals surface area contributed by atoms with Gasteiger partial charge in [0.15, 0.2) is 9.84 Å². The maximum atomic E-state index is 11.9. The van der Waals surface area contributed by atoms with Crippen LogP contribution in [0, 0.1) is 0 Å². The Bertz CT molecular complexity index is 876. The van der Waals surface area contributed by atoms with Crippen molar-refractivity contribution in [2.75, 3.05) is 6.26 Å². The monoisotopic (exact) mass is 325 g/mol. The minimum atomic E-state index is -3.32. The van der Waals surface area contributed by atoms with Gasteiger partial charge in [-0.05, 0) is 36.6 Å². The Morgan fingerprint density at radius 1 is 1.43 bits per heavy atom. The lowest BCUT2D eigenvalue weighted by Gasteiger charge is -2.12. The molecular formula is C14H12ClNO4S.